The van der Waals surface area contributed by atoms with Gasteiger partial charge in [0.05, 0.1) is 11.1 Å². The van der Waals surface area contributed by atoms with Gasteiger partial charge in [-0.1, -0.05) is 6.92 Å². The van der Waals surface area contributed by atoms with Crippen molar-refractivity contribution in [2.24, 2.45) is 5.73 Å². The predicted molar refractivity (Wildman–Crippen MR) is 79.1 cm³/mol. The van der Waals surface area contributed by atoms with Crippen LogP contribution in [0.2, 0.25) is 0 Å². The van der Waals surface area contributed by atoms with Gasteiger partial charge in [0.1, 0.15) is 5.69 Å². The highest BCUT2D eigenvalue weighted by Gasteiger charge is 2.24. The summed E-state index contributed by atoms with van der Waals surface area (Å²) in [7, 11) is 0. The molecule has 3 N–H and O–H groups in total. The fourth-order valence-electron chi connectivity index (χ4n) is 2.73. The summed E-state index contributed by atoms with van der Waals surface area (Å²) in [5.41, 5.74) is 6.16. The van der Waals surface area contributed by atoms with Gasteiger partial charge in [0.15, 0.2) is 0 Å². The number of hydrogen-bond donors (Lipinski definition) is 2. The highest BCUT2D eigenvalue weighted by molar-refractivity contribution is 5.93. The maximum absolute atomic E-state index is 12.3. The van der Waals surface area contributed by atoms with Crippen LogP contribution in [0.4, 0.5) is 5.69 Å². The van der Waals surface area contributed by atoms with Crippen molar-refractivity contribution in [3.8, 4) is 0 Å². The van der Waals surface area contributed by atoms with Crippen LogP contribution >= 0.6 is 0 Å². The molecule has 1 amide bonds. The molecule has 0 aliphatic heterocycles. The minimum atomic E-state index is -0.470. The van der Waals surface area contributed by atoms with Gasteiger partial charge in [-0.25, -0.2) is 0 Å². The van der Waals surface area contributed by atoms with Crippen LogP contribution < -0.4 is 11.1 Å². The molecule has 2 rings (SSSR count). The number of nitro groups is 1. The van der Waals surface area contributed by atoms with Crippen molar-refractivity contribution >= 4 is 11.6 Å². The van der Waals surface area contributed by atoms with Crippen LogP contribution in [0, 0.1) is 10.1 Å². The first-order chi connectivity index (χ1) is 10.0. The van der Waals surface area contributed by atoms with Crippen molar-refractivity contribution in [2.45, 2.75) is 57.7 Å². The number of carbonyl (C=O) groups is 1. The number of rotatable bonds is 5. The maximum atomic E-state index is 12.3. The maximum Gasteiger partial charge on any atom is 0.287 e. The van der Waals surface area contributed by atoms with Gasteiger partial charge >= 0.3 is 0 Å². The van der Waals surface area contributed by atoms with Crippen LogP contribution in [0.5, 0.6) is 0 Å². The predicted octanol–water partition coefficient (Wildman–Crippen LogP) is 1.81. The lowest BCUT2D eigenvalue weighted by Gasteiger charge is -2.26. The Bertz CT molecular complexity index is 518. The largest absolute Gasteiger partial charge is 0.348 e. The normalized spacial score (nSPS) is 22.0. The Labute approximate surface area is 123 Å². The molecule has 0 bridgehead atoms. The zero-order valence-electron chi connectivity index (χ0n) is 12.2. The average Bonchev–Trinajstić information content (AvgIpc) is 2.86. The Balaban J connectivity index is 2.08. The van der Waals surface area contributed by atoms with Crippen LogP contribution in [0.3, 0.4) is 0 Å². The first kappa shape index (κ1) is 15.5. The molecule has 1 saturated carbocycles. The molecule has 1 aromatic rings. The van der Waals surface area contributed by atoms with Crippen molar-refractivity contribution in [3.05, 3.63) is 28.1 Å². The van der Waals surface area contributed by atoms with Gasteiger partial charge in [-0.05, 0) is 32.1 Å². The second-order valence-corrected chi connectivity index (χ2v) is 5.62. The first-order valence-electron chi connectivity index (χ1n) is 7.42. The third kappa shape index (κ3) is 3.81. The van der Waals surface area contributed by atoms with E-state index in [1.165, 1.54) is 12.3 Å². The molecule has 1 aliphatic rings. The van der Waals surface area contributed by atoms with E-state index in [2.05, 4.69) is 5.32 Å². The summed E-state index contributed by atoms with van der Waals surface area (Å²) in [5, 5.41) is 13.8. The lowest BCUT2D eigenvalue weighted by Crippen LogP contribution is -2.41. The van der Waals surface area contributed by atoms with E-state index in [4.69, 9.17) is 5.73 Å². The Morgan fingerprint density at radius 3 is 2.71 bits per heavy atom. The molecule has 116 valence electrons. The van der Waals surface area contributed by atoms with Crippen molar-refractivity contribution in [3.63, 3.8) is 0 Å². The molecule has 0 spiro atoms. The zero-order chi connectivity index (χ0) is 15.4. The second-order valence-electron chi connectivity index (χ2n) is 5.62. The second kappa shape index (κ2) is 6.71. The molecular formula is C14H22N4O3. The Kier molecular flexibility index (Phi) is 4.95. The molecule has 1 heterocycles. The topological polar surface area (TPSA) is 103 Å². The molecule has 0 atom stereocenters. The standard InChI is InChI=1S/C14H22N4O3/c1-2-7-17-9-12(18(20)21)8-13(17)14(19)16-11-5-3-10(15)4-6-11/h8-11H,2-7,15H2,1H3,(H,16,19). The number of aryl methyl sites for hydroxylation is 1. The summed E-state index contributed by atoms with van der Waals surface area (Å²) in [5.74, 6) is -0.239. The number of hydrogen-bond acceptors (Lipinski definition) is 4. The van der Waals surface area contributed by atoms with Gasteiger partial charge in [0, 0.05) is 24.7 Å². The van der Waals surface area contributed by atoms with Crippen LogP contribution in [-0.4, -0.2) is 27.5 Å². The molecule has 1 aromatic heterocycles. The fraction of sp³-hybridized carbons (Fsp3) is 0.643. The number of aromatic nitrogens is 1. The van der Waals surface area contributed by atoms with E-state index in [9.17, 15) is 14.9 Å². The summed E-state index contributed by atoms with van der Waals surface area (Å²) >= 11 is 0. The quantitative estimate of drug-likeness (QED) is 0.638. The lowest BCUT2D eigenvalue weighted by atomic mass is 9.92. The zero-order valence-corrected chi connectivity index (χ0v) is 12.2. The minimum absolute atomic E-state index is 0.0423. The number of carbonyl (C=O) groups excluding carboxylic acids is 1. The van der Waals surface area contributed by atoms with E-state index in [0.29, 0.717) is 12.2 Å². The van der Waals surface area contributed by atoms with Gasteiger partial charge in [0.25, 0.3) is 11.6 Å². The molecular weight excluding hydrogens is 272 g/mol. The highest BCUT2D eigenvalue weighted by atomic mass is 16.6. The lowest BCUT2D eigenvalue weighted by molar-refractivity contribution is -0.384. The molecule has 7 nitrogen and oxygen atoms in total. The van der Waals surface area contributed by atoms with Crippen molar-refractivity contribution in [1.82, 2.24) is 9.88 Å². The Morgan fingerprint density at radius 1 is 1.48 bits per heavy atom. The van der Waals surface area contributed by atoms with Crippen LogP contribution in [0.15, 0.2) is 12.3 Å². The summed E-state index contributed by atoms with van der Waals surface area (Å²) in [6.07, 6.45) is 5.77. The Morgan fingerprint density at radius 2 is 2.14 bits per heavy atom. The third-order valence-corrected chi connectivity index (χ3v) is 3.90. The van der Waals surface area contributed by atoms with Gasteiger partial charge in [0.2, 0.25) is 0 Å². The van der Waals surface area contributed by atoms with Crippen molar-refractivity contribution < 1.29 is 9.72 Å². The highest BCUT2D eigenvalue weighted by Crippen LogP contribution is 2.20. The number of nitrogens with two attached hydrogens (primary N) is 1. The van der Waals surface area contributed by atoms with Crippen LogP contribution in [0.1, 0.15) is 49.5 Å². The van der Waals surface area contributed by atoms with Crippen LogP contribution in [-0.2, 0) is 6.54 Å². The van der Waals surface area contributed by atoms with E-state index in [0.717, 1.165) is 32.1 Å². The monoisotopic (exact) mass is 294 g/mol. The molecule has 0 saturated heterocycles. The molecule has 0 aromatic carbocycles. The van der Waals surface area contributed by atoms with E-state index in [1.807, 2.05) is 6.92 Å². The number of amides is 1. The van der Waals surface area contributed by atoms with Gasteiger partial charge in [-0.15, -0.1) is 0 Å². The average molecular weight is 294 g/mol. The number of nitrogens with one attached hydrogen (secondary N) is 1. The summed E-state index contributed by atoms with van der Waals surface area (Å²) < 4.78 is 1.65. The molecule has 1 aliphatic carbocycles. The van der Waals surface area contributed by atoms with Gasteiger partial charge < -0.3 is 15.6 Å². The van der Waals surface area contributed by atoms with Gasteiger partial charge in [-0.2, -0.15) is 0 Å². The van der Waals surface area contributed by atoms with Gasteiger partial charge in [-0.3, -0.25) is 14.9 Å². The molecule has 1 fully saturated rings. The summed E-state index contributed by atoms with van der Waals surface area (Å²) in [6.45, 7) is 2.56. The van der Waals surface area contributed by atoms with E-state index < -0.39 is 4.92 Å². The molecule has 0 radical (unpaired) electrons. The molecule has 7 heteroatoms. The SMILES string of the molecule is CCCn1cc([N+](=O)[O-])cc1C(=O)NC1CCC(N)CC1. The van der Waals surface area contributed by atoms with E-state index in [-0.39, 0.29) is 23.7 Å². The van der Waals surface area contributed by atoms with Crippen molar-refractivity contribution in [1.29, 1.82) is 0 Å². The van der Waals surface area contributed by atoms with Crippen molar-refractivity contribution in [2.75, 3.05) is 0 Å². The van der Waals surface area contributed by atoms with Crippen LogP contribution in [0.25, 0.3) is 0 Å². The van der Waals surface area contributed by atoms with E-state index in [1.54, 1.807) is 4.57 Å². The molecule has 0 unspecified atom stereocenters. The Hall–Kier alpha value is -1.89. The minimum Gasteiger partial charge on any atom is -0.348 e. The summed E-state index contributed by atoms with van der Waals surface area (Å²) in [6, 6.07) is 1.68. The smallest absolute Gasteiger partial charge is 0.287 e. The third-order valence-electron chi connectivity index (χ3n) is 3.90. The van der Waals surface area contributed by atoms with E-state index >= 15 is 0 Å². The molecule has 21 heavy (non-hydrogen) atoms. The number of nitrogens with zero attached hydrogens (tertiary/aromatic N) is 2. The fourth-order valence-corrected chi connectivity index (χ4v) is 2.73. The summed E-state index contributed by atoms with van der Waals surface area (Å²) in [4.78, 5) is 22.7. The first-order valence-corrected chi connectivity index (χ1v) is 7.42.